The first kappa shape index (κ1) is 10.9. The normalized spacial score (nSPS) is 12.0. The molecular weight excluding hydrogens is 140 g/mol. The third-order valence-corrected chi connectivity index (χ3v) is 1.59. The van der Waals surface area contributed by atoms with E-state index in [9.17, 15) is 0 Å². The van der Waals surface area contributed by atoms with Gasteiger partial charge in [-0.05, 0) is 39.8 Å². The molecule has 0 rings (SSSR count). The summed E-state index contributed by atoms with van der Waals surface area (Å²) in [6, 6.07) is 0. The zero-order valence-corrected chi connectivity index (χ0v) is 7.60. The molecule has 0 saturated carbocycles. The Morgan fingerprint density at radius 3 is 2.27 bits per heavy atom. The third kappa shape index (κ3) is 6.28. The minimum atomic E-state index is -0.0794. The molecule has 0 heterocycles. The van der Waals surface area contributed by atoms with E-state index in [2.05, 4.69) is 13.8 Å². The Morgan fingerprint density at radius 1 is 1.18 bits per heavy atom. The zero-order chi connectivity index (χ0) is 8.74. The Hall–Kier alpha value is -0.120. The summed E-state index contributed by atoms with van der Waals surface area (Å²) in [5.74, 6) is 0. The summed E-state index contributed by atoms with van der Waals surface area (Å²) in [4.78, 5) is 0. The molecule has 0 aromatic heterocycles. The minimum absolute atomic E-state index is 0.0794. The lowest BCUT2D eigenvalue weighted by atomic mass is 10.1. The lowest BCUT2D eigenvalue weighted by Crippen LogP contribution is -2.28. The molecule has 0 radical (unpaired) electrons. The van der Waals surface area contributed by atoms with Gasteiger partial charge in [0.25, 0.3) is 0 Å². The molecule has 0 spiro atoms. The van der Waals surface area contributed by atoms with Crippen LogP contribution in [0.1, 0.15) is 26.7 Å². The molecule has 0 unspecified atom stereocenters. The molecule has 0 amide bonds. The fraction of sp³-hybridized carbons (Fsp3) is 1.00. The van der Waals surface area contributed by atoms with Gasteiger partial charge >= 0.3 is 0 Å². The molecule has 3 nitrogen and oxygen atoms in total. The van der Waals surface area contributed by atoms with Crippen LogP contribution in [-0.2, 0) is 4.74 Å². The summed E-state index contributed by atoms with van der Waals surface area (Å²) >= 11 is 0. The first-order chi connectivity index (χ1) is 5.12. The van der Waals surface area contributed by atoms with E-state index in [1.165, 1.54) is 0 Å². The highest BCUT2D eigenvalue weighted by Gasteiger charge is 2.15. The molecule has 0 fully saturated rings. The Morgan fingerprint density at radius 2 is 1.82 bits per heavy atom. The van der Waals surface area contributed by atoms with E-state index in [1.807, 2.05) is 0 Å². The standard InChI is InChI=1S/C8H20N2O/c1-8(2,4-6-10)11-7-3-5-9/h3-7,9-10H2,1-2H3. The molecular formula is C8H20N2O. The van der Waals surface area contributed by atoms with Crippen molar-refractivity contribution >= 4 is 0 Å². The van der Waals surface area contributed by atoms with Gasteiger partial charge in [0.1, 0.15) is 0 Å². The zero-order valence-electron chi connectivity index (χ0n) is 7.60. The number of hydrogen-bond donors (Lipinski definition) is 2. The maximum Gasteiger partial charge on any atom is 0.0638 e. The molecule has 68 valence electrons. The third-order valence-electron chi connectivity index (χ3n) is 1.59. The fourth-order valence-corrected chi connectivity index (χ4v) is 0.852. The van der Waals surface area contributed by atoms with Crippen LogP contribution in [0.2, 0.25) is 0 Å². The first-order valence-electron chi connectivity index (χ1n) is 4.16. The van der Waals surface area contributed by atoms with Crippen molar-refractivity contribution in [2.24, 2.45) is 11.5 Å². The Bertz CT molecular complexity index is 94.1. The van der Waals surface area contributed by atoms with Crippen LogP contribution >= 0.6 is 0 Å². The smallest absolute Gasteiger partial charge is 0.0638 e. The maximum absolute atomic E-state index is 5.55. The number of rotatable bonds is 6. The predicted octanol–water partition coefficient (Wildman–Crippen LogP) is 0.479. The van der Waals surface area contributed by atoms with E-state index in [-0.39, 0.29) is 5.60 Å². The van der Waals surface area contributed by atoms with Gasteiger partial charge in [-0.2, -0.15) is 0 Å². The average molecular weight is 160 g/mol. The predicted molar refractivity (Wildman–Crippen MR) is 47.4 cm³/mol. The Balaban J connectivity index is 3.38. The van der Waals surface area contributed by atoms with Crippen LogP contribution in [0.25, 0.3) is 0 Å². The van der Waals surface area contributed by atoms with Crippen LogP contribution in [-0.4, -0.2) is 25.3 Å². The van der Waals surface area contributed by atoms with Crippen LogP contribution in [0.5, 0.6) is 0 Å². The number of hydrogen-bond acceptors (Lipinski definition) is 3. The fourth-order valence-electron chi connectivity index (χ4n) is 0.852. The van der Waals surface area contributed by atoms with Gasteiger partial charge in [-0.25, -0.2) is 0 Å². The van der Waals surface area contributed by atoms with Crippen molar-refractivity contribution in [2.75, 3.05) is 19.7 Å². The summed E-state index contributed by atoms with van der Waals surface area (Å²) in [6.07, 6.45) is 1.82. The van der Waals surface area contributed by atoms with Crippen LogP contribution in [0, 0.1) is 0 Å². The quantitative estimate of drug-likeness (QED) is 0.555. The van der Waals surface area contributed by atoms with Crippen molar-refractivity contribution in [3.8, 4) is 0 Å². The van der Waals surface area contributed by atoms with Crippen molar-refractivity contribution in [1.29, 1.82) is 0 Å². The second kappa shape index (κ2) is 5.52. The largest absolute Gasteiger partial charge is 0.375 e. The van der Waals surface area contributed by atoms with E-state index in [0.717, 1.165) is 19.4 Å². The highest BCUT2D eigenvalue weighted by Crippen LogP contribution is 2.12. The van der Waals surface area contributed by atoms with Gasteiger partial charge in [0, 0.05) is 6.61 Å². The Kier molecular flexibility index (Phi) is 5.46. The summed E-state index contributed by atoms with van der Waals surface area (Å²) in [5.41, 5.74) is 10.7. The lowest BCUT2D eigenvalue weighted by molar-refractivity contribution is -0.0218. The van der Waals surface area contributed by atoms with Crippen molar-refractivity contribution < 1.29 is 4.74 Å². The van der Waals surface area contributed by atoms with Gasteiger partial charge in [-0.3, -0.25) is 0 Å². The summed E-state index contributed by atoms with van der Waals surface area (Å²) in [7, 11) is 0. The maximum atomic E-state index is 5.55. The van der Waals surface area contributed by atoms with Gasteiger partial charge < -0.3 is 16.2 Å². The van der Waals surface area contributed by atoms with Crippen molar-refractivity contribution in [1.82, 2.24) is 0 Å². The molecule has 3 heteroatoms. The van der Waals surface area contributed by atoms with Gasteiger partial charge in [0.15, 0.2) is 0 Å². The van der Waals surface area contributed by atoms with E-state index in [1.54, 1.807) is 0 Å². The van der Waals surface area contributed by atoms with Gasteiger partial charge in [0.2, 0.25) is 0 Å². The van der Waals surface area contributed by atoms with Crippen molar-refractivity contribution in [3.05, 3.63) is 0 Å². The molecule has 0 bridgehead atoms. The molecule has 0 aliphatic rings. The van der Waals surface area contributed by atoms with Gasteiger partial charge in [-0.1, -0.05) is 0 Å². The number of nitrogens with two attached hydrogens (primary N) is 2. The molecule has 0 aliphatic heterocycles. The molecule has 0 atom stereocenters. The van der Waals surface area contributed by atoms with Gasteiger partial charge in [0.05, 0.1) is 5.60 Å². The SMILES string of the molecule is CC(C)(CCN)OCCCN. The topological polar surface area (TPSA) is 61.3 Å². The molecule has 0 aliphatic carbocycles. The van der Waals surface area contributed by atoms with E-state index in [4.69, 9.17) is 16.2 Å². The monoisotopic (exact) mass is 160 g/mol. The highest BCUT2D eigenvalue weighted by atomic mass is 16.5. The van der Waals surface area contributed by atoms with E-state index >= 15 is 0 Å². The molecule has 0 aromatic rings. The van der Waals surface area contributed by atoms with Crippen LogP contribution in [0.3, 0.4) is 0 Å². The second-order valence-corrected chi connectivity index (χ2v) is 3.29. The summed E-state index contributed by atoms with van der Waals surface area (Å²) in [6.45, 7) is 6.21. The van der Waals surface area contributed by atoms with Gasteiger partial charge in [-0.15, -0.1) is 0 Å². The van der Waals surface area contributed by atoms with Crippen LogP contribution in [0.4, 0.5) is 0 Å². The minimum Gasteiger partial charge on any atom is -0.375 e. The van der Waals surface area contributed by atoms with Crippen LogP contribution < -0.4 is 11.5 Å². The molecule has 11 heavy (non-hydrogen) atoms. The Labute approximate surface area is 69.1 Å². The van der Waals surface area contributed by atoms with E-state index < -0.39 is 0 Å². The van der Waals surface area contributed by atoms with Crippen molar-refractivity contribution in [3.63, 3.8) is 0 Å². The summed E-state index contributed by atoms with van der Waals surface area (Å²) < 4.78 is 5.55. The second-order valence-electron chi connectivity index (χ2n) is 3.29. The highest BCUT2D eigenvalue weighted by molar-refractivity contribution is 4.68. The van der Waals surface area contributed by atoms with Crippen LogP contribution in [0.15, 0.2) is 0 Å². The average Bonchev–Trinajstić information content (AvgIpc) is 1.87. The number of ether oxygens (including phenoxy) is 1. The molecule has 0 aromatic carbocycles. The molecule has 0 saturated heterocycles. The lowest BCUT2D eigenvalue weighted by Gasteiger charge is -2.24. The summed E-state index contributed by atoms with van der Waals surface area (Å²) in [5, 5.41) is 0. The molecule has 4 N–H and O–H groups in total. The van der Waals surface area contributed by atoms with Crippen molar-refractivity contribution in [2.45, 2.75) is 32.3 Å². The first-order valence-corrected chi connectivity index (χ1v) is 4.16. The van der Waals surface area contributed by atoms with E-state index in [0.29, 0.717) is 13.1 Å².